The fourth-order valence-corrected chi connectivity index (χ4v) is 3.31. The number of rotatable bonds is 4. The summed E-state index contributed by atoms with van der Waals surface area (Å²) >= 11 is 16.1. The van der Waals surface area contributed by atoms with Crippen LogP contribution in [0.15, 0.2) is 28.9 Å². The minimum atomic E-state index is -0.505. The Balaban J connectivity index is 2.18. The topological polar surface area (TPSA) is 68.5 Å². The molecule has 3 aromatic rings. The van der Waals surface area contributed by atoms with Crippen molar-refractivity contribution in [1.82, 2.24) is 14.6 Å². The smallest absolute Gasteiger partial charge is 0.341 e. The van der Waals surface area contributed by atoms with E-state index in [9.17, 15) is 4.79 Å². The van der Waals surface area contributed by atoms with Crippen molar-refractivity contribution in [3.05, 3.63) is 50.3 Å². The Bertz CT molecular complexity index is 974. The van der Waals surface area contributed by atoms with Gasteiger partial charge in [0.1, 0.15) is 16.4 Å². The predicted molar refractivity (Wildman–Crippen MR) is 101 cm³/mol. The predicted octanol–water partition coefficient (Wildman–Crippen LogP) is 5.03. The van der Waals surface area contributed by atoms with E-state index < -0.39 is 5.97 Å². The molecule has 0 saturated heterocycles. The van der Waals surface area contributed by atoms with Crippen molar-refractivity contribution in [2.45, 2.75) is 13.8 Å². The second-order valence-corrected chi connectivity index (χ2v) is 6.84. The van der Waals surface area contributed by atoms with Gasteiger partial charge in [-0.15, -0.1) is 10.2 Å². The van der Waals surface area contributed by atoms with E-state index in [1.807, 2.05) is 6.07 Å². The van der Waals surface area contributed by atoms with Crippen molar-refractivity contribution in [1.29, 1.82) is 0 Å². The Hall–Kier alpha value is -1.83. The van der Waals surface area contributed by atoms with Crippen LogP contribution in [0.2, 0.25) is 10.0 Å². The number of hydrogen-bond acceptors (Lipinski definition) is 5. The van der Waals surface area contributed by atoms with Gasteiger partial charge in [-0.3, -0.25) is 4.40 Å². The molecule has 6 nitrogen and oxygen atoms in total. The number of fused-ring (bicyclic) bond motifs is 1. The van der Waals surface area contributed by atoms with Gasteiger partial charge >= 0.3 is 5.97 Å². The Morgan fingerprint density at radius 1 is 1.36 bits per heavy atom. The summed E-state index contributed by atoms with van der Waals surface area (Å²) in [7, 11) is 0. The Morgan fingerprint density at radius 3 is 2.80 bits per heavy atom. The van der Waals surface area contributed by atoms with Crippen molar-refractivity contribution in [3.8, 4) is 0 Å². The van der Waals surface area contributed by atoms with Gasteiger partial charge in [0.05, 0.1) is 23.0 Å². The van der Waals surface area contributed by atoms with Crippen LogP contribution in [0.1, 0.15) is 23.1 Å². The molecular formula is C16H13BrCl2N4O2. The molecule has 0 aliphatic rings. The maximum Gasteiger partial charge on any atom is 0.341 e. The number of carbonyl (C=O) groups is 1. The van der Waals surface area contributed by atoms with E-state index >= 15 is 0 Å². The van der Waals surface area contributed by atoms with Crippen LogP contribution in [0.5, 0.6) is 0 Å². The maximum atomic E-state index is 12.4. The van der Waals surface area contributed by atoms with Gasteiger partial charge in [0.2, 0.25) is 0 Å². The van der Waals surface area contributed by atoms with Crippen LogP contribution in [0.25, 0.3) is 5.65 Å². The molecule has 2 heterocycles. The second-order valence-electron chi connectivity index (χ2n) is 5.14. The molecule has 0 aliphatic carbocycles. The molecule has 25 heavy (non-hydrogen) atoms. The summed E-state index contributed by atoms with van der Waals surface area (Å²) in [4.78, 5) is 12.4. The minimum Gasteiger partial charge on any atom is -0.462 e. The molecule has 0 radical (unpaired) electrons. The lowest BCUT2D eigenvalue weighted by atomic mass is 10.2. The van der Waals surface area contributed by atoms with E-state index in [0.29, 0.717) is 27.9 Å². The first-order valence-corrected chi connectivity index (χ1v) is 8.90. The van der Waals surface area contributed by atoms with Gasteiger partial charge in [0.15, 0.2) is 5.65 Å². The number of aromatic nitrogens is 3. The summed E-state index contributed by atoms with van der Waals surface area (Å²) < 4.78 is 7.62. The van der Waals surface area contributed by atoms with Crippen molar-refractivity contribution in [2.24, 2.45) is 0 Å². The van der Waals surface area contributed by atoms with E-state index in [4.69, 9.17) is 27.9 Å². The SMILES string of the molecule is CCOC(=O)c1cn2c(C)nnc2c(Cl)c1Nc1ccc(Br)cc1Cl. The van der Waals surface area contributed by atoms with Gasteiger partial charge in [-0.05, 0) is 32.0 Å². The summed E-state index contributed by atoms with van der Waals surface area (Å²) in [5, 5.41) is 11.9. The normalized spacial score (nSPS) is 10.9. The molecule has 0 unspecified atom stereocenters. The molecule has 0 amide bonds. The number of carbonyl (C=O) groups excluding carboxylic acids is 1. The standard InChI is InChI=1S/C16H13BrCl2N4O2/c1-3-25-16(24)10-7-23-8(2)21-22-15(23)13(19)14(10)20-12-5-4-9(17)6-11(12)18/h4-7,20H,3H2,1-2H3. The van der Waals surface area contributed by atoms with Gasteiger partial charge in [-0.2, -0.15) is 0 Å². The van der Waals surface area contributed by atoms with Crippen LogP contribution >= 0.6 is 39.1 Å². The summed E-state index contributed by atoms with van der Waals surface area (Å²) in [6, 6.07) is 5.34. The van der Waals surface area contributed by atoms with Crippen molar-refractivity contribution < 1.29 is 9.53 Å². The summed E-state index contributed by atoms with van der Waals surface area (Å²) in [5.41, 5.74) is 1.66. The average Bonchev–Trinajstić information content (AvgIpc) is 2.93. The van der Waals surface area contributed by atoms with Crippen LogP contribution in [-0.2, 0) is 4.74 Å². The first kappa shape index (κ1) is 18.0. The molecule has 130 valence electrons. The molecule has 0 atom stereocenters. The number of ether oxygens (including phenoxy) is 1. The number of esters is 1. The lowest BCUT2D eigenvalue weighted by Crippen LogP contribution is -2.11. The Morgan fingerprint density at radius 2 is 2.12 bits per heavy atom. The molecule has 2 aromatic heterocycles. The van der Waals surface area contributed by atoms with E-state index in [1.165, 1.54) is 0 Å². The average molecular weight is 444 g/mol. The fraction of sp³-hybridized carbons (Fsp3) is 0.188. The second kappa shape index (κ2) is 7.19. The summed E-state index contributed by atoms with van der Waals surface area (Å²) in [6.07, 6.45) is 1.60. The first-order chi connectivity index (χ1) is 11.9. The quantitative estimate of drug-likeness (QED) is 0.573. The molecule has 1 aromatic carbocycles. The molecule has 0 bridgehead atoms. The molecule has 3 rings (SSSR count). The third-order valence-electron chi connectivity index (χ3n) is 3.50. The maximum absolute atomic E-state index is 12.4. The number of aryl methyl sites for hydroxylation is 1. The van der Waals surface area contributed by atoms with Gasteiger partial charge in [-0.1, -0.05) is 39.1 Å². The zero-order chi connectivity index (χ0) is 18.1. The largest absolute Gasteiger partial charge is 0.462 e. The van der Waals surface area contributed by atoms with E-state index in [0.717, 1.165) is 4.47 Å². The van der Waals surface area contributed by atoms with Crippen LogP contribution in [0, 0.1) is 6.92 Å². The highest BCUT2D eigenvalue weighted by Crippen LogP contribution is 2.36. The fourth-order valence-electron chi connectivity index (χ4n) is 2.31. The highest BCUT2D eigenvalue weighted by molar-refractivity contribution is 9.10. The lowest BCUT2D eigenvalue weighted by Gasteiger charge is -2.15. The number of pyridine rings is 1. The van der Waals surface area contributed by atoms with E-state index in [2.05, 4.69) is 31.4 Å². The number of nitrogens with zero attached hydrogens (tertiary/aromatic N) is 3. The van der Waals surface area contributed by atoms with Crippen LogP contribution in [-0.4, -0.2) is 27.2 Å². The zero-order valence-electron chi connectivity index (χ0n) is 13.3. The molecule has 0 fully saturated rings. The van der Waals surface area contributed by atoms with Crippen molar-refractivity contribution >= 4 is 62.1 Å². The number of nitrogens with one attached hydrogen (secondary N) is 1. The van der Waals surface area contributed by atoms with Gasteiger partial charge in [0, 0.05) is 10.7 Å². The third kappa shape index (κ3) is 3.44. The molecule has 1 N–H and O–H groups in total. The lowest BCUT2D eigenvalue weighted by molar-refractivity contribution is 0.0527. The van der Waals surface area contributed by atoms with Crippen molar-refractivity contribution in [2.75, 3.05) is 11.9 Å². The Kier molecular flexibility index (Phi) is 5.17. The van der Waals surface area contributed by atoms with Crippen LogP contribution in [0.3, 0.4) is 0 Å². The van der Waals surface area contributed by atoms with Crippen LogP contribution < -0.4 is 5.32 Å². The van der Waals surface area contributed by atoms with Crippen molar-refractivity contribution in [3.63, 3.8) is 0 Å². The molecular weight excluding hydrogens is 431 g/mol. The molecule has 0 aliphatic heterocycles. The molecule has 0 saturated carbocycles. The number of hydrogen-bond donors (Lipinski definition) is 1. The molecule has 9 heteroatoms. The minimum absolute atomic E-state index is 0.244. The highest BCUT2D eigenvalue weighted by Gasteiger charge is 2.22. The summed E-state index contributed by atoms with van der Waals surface area (Å²) in [5.74, 6) is 0.103. The number of halogens is 3. The van der Waals surface area contributed by atoms with Crippen LogP contribution in [0.4, 0.5) is 11.4 Å². The third-order valence-corrected chi connectivity index (χ3v) is 4.66. The molecule has 0 spiro atoms. The highest BCUT2D eigenvalue weighted by atomic mass is 79.9. The zero-order valence-corrected chi connectivity index (χ0v) is 16.4. The van der Waals surface area contributed by atoms with Gasteiger partial charge < -0.3 is 10.1 Å². The van der Waals surface area contributed by atoms with E-state index in [-0.39, 0.29) is 17.2 Å². The first-order valence-electron chi connectivity index (χ1n) is 7.35. The van der Waals surface area contributed by atoms with E-state index in [1.54, 1.807) is 36.6 Å². The number of anilines is 2. The monoisotopic (exact) mass is 442 g/mol. The summed E-state index contributed by atoms with van der Waals surface area (Å²) in [6.45, 7) is 3.75. The Labute approximate surface area is 162 Å². The van der Waals surface area contributed by atoms with Gasteiger partial charge in [0.25, 0.3) is 0 Å². The number of benzene rings is 1. The van der Waals surface area contributed by atoms with Gasteiger partial charge in [-0.25, -0.2) is 4.79 Å².